The summed E-state index contributed by atoms with van der Waals surface area (Å²) < 4.78 is 10.7. The zero-order chi connectivity index (χ0) is 12.3. The van der Waals surface area contributed by atoms with E-state index in [0.29, 0.717) is 24.0 Å². The molecule has 3 nitrogen and oxygen atoms in total. The topological polar surface area (TPSA) is 38.8 Å². The van der Waals surface area contributed by atoms with Gasteiger partial charge in [-0.2, -0.15) is 0 Å². The maximum absolute atomic E-state index is 11.6. The fourth-order valence-corrected chi connectivity index (χ4v) is 1.80. The Morgan fingerprint density at radius 1 is 1.62 bits per heavy atom. The maximum Gasteiger partial charge on any atom is 0.333 e. The second kappa shape index (κ2) is 5.00. The molecule has 1 aliphatic heterocycles. The van der Waals surface area contributed by atoms with E-state index >= 15 is 0 Å². The monoisotopic (exact) mass is 226 g/mol. The Balaban J connectivity index is 2.43. The van der Waals surface area contributed by atoms with Crippen LogP contribution in [0.3, 0.4) is 0 Å². The molecule has 0 spiro atoms. The van der Waals surface area contributed by atoms with Crippen molar-refractivity contribution >= 4 is 5.97 Å². The number of hydrogen-bond donors (Lipinski definition) is 0. The number of carbonyl (C=O) groups excluding carboxylic acids is 1. The molecule has 1 heterocycles. The zero-order valence-electron chi connectivity index (χ0n) is 10.7. The molecular formula is C13H22O3. The van der Waals surface area contributed by atoms with Crippen LogP contribution >= 0.6 is 0 Å². The third-order valence-corrected chi connectivity index (χ3v) is 2.89. The van der Waals surface area contributed by atoms with Crippen LogP contribution in [0.1, 0.15) is 40.5 Å². The number of carbonyl (C=O) groups is 1. The first-order valence-corrected chi connectivity index (χ1v) is 5.88. The smallest absolute Gasteiger partial charge is 0.333 e. The fourth-order valence-electron chi connectivity index (χ4n) is 1.80. The first-order chi connectivity index (χ1) is 7.35. The van der Waals surface area contributed by atoms with Gasteiger partial charge in [0.15, 0.2) is 0 Å². The lowest BCUT2D eigenvalue weighted by molar-refractivity contribution is -0.153. The van der Waals surface area contributed by atoms with E-state index in [1.165, 1.54) is 0 Å². The van der Waals surface area contributed by atoms with Gasteiger partial charge in [0.05, 0.1) is 12.7 Å². The van der Waals surface area contributed by atoms with Gasteiger partial charge in [-0.25, -0.2) is 4.79 Å². The van der Waals surface area contributed by atoms with Crippen molar-refractivity contribution < 1.29 is 14.3 Å². The van der Waals surface area contributed by atoms with Crippen molar-refractivity contribution in [3.8, 4) is 0 Å². The lowest BCUT2D eigenvalue weighted by Crippen LogP contribution is -2.31. The van der Waals surface area contributed by atoms with Gasteiger partial charge in [-0.15, -0.1) is 0 Å². The SMILES string of the molecule is C=C(CC)C(=O)OC(C)(C)CC(C)C1CO1. The molecule has 1 saturated heterocycles. The van der Waals surface area contributed by atoms with Gasteiger partial charge in [0.1, 0.15) is 5.60 Å². The number of epoxide rings is 1. The van der Waals surface area contributed by atoms with Crippen LogP contribution in [0.25, 0.3) is 0 Å². The Morgan fingerprint density at radius 3 is 2.62 bits per heavy atom. The van der Waals surface area contributed by atoms with Gasteiger partial charge in [-0.05, 0) is 32.6 Å². The van der Waals surface area contributed by atoms with Crippen LogP contribution in [0.2, 0.25) is 0 Å². The Bertz CT molecular complexity index is 277. The first kappa shape index (κ1) is 13.2. The highest BCUT2D eigenvalue weighted by atomic mass is 16.6. The number of rotatable bonds is 6. The predicted octanol–water partition coefficient (Wildman–Crippen LogP) is 2.70. The molecule has 0 bridgehead atoms. The molecular weight excluding hydrogens is 204 g/mol. The highest BCUT2D eigenvalue weighted by Crippen LogP contribution is 2.29. The van der Waals surface area contributed by atoms with Gasteiger partial charge in [0.25, 0.3) is 0 Å². The van der Waals surface area contributed by atoms with Crippen LogP contribution in [0.4, 0.5) is 0 Å². The molecule has 1 rings (SSSR count). The first-order valence-electron chi connectivity index (χ1n) is 5.88. The molecule has 2 unspecified atom stereocenters. The van der Waals surface area contributed by atoms with Crippen molar-refractivity contribution in [2.24, 2.45) is 5.92 Å². The summed E-state index contributed by atoms with van der Waals surface area (Å²) >= 11 is 0. The van der Waals surface area contributed by atoms with Gasteiger partial charge >= 0.3 is 5.97 Å². The summed E-state index contributed by atoms with van der Waals surface area (Å²) in [5.41, 5.74) is 0.0870. The molecule has 0 N–H and O–H groups in total. The molecule has 1 aliphatic rings. The van der Waals surface area contributed by atoms with Gasteiger partial charge in [0, 0.05) is 5.57 Å². The van der Waals surface area contributed by atoms with Crippen molar-refractivity contribution in [3.63, 3.8) is 0 Å². The third kappa shape index (κ3) is 3.97. The van der Waals surface area contributed by atoms with Crippen LogP contribution < -0.4 is 0 Å². The average molecular weight is 226 g/mol. The van der Waals surface area contributed by atoms with E-state index < -0.39 is 5.60 Å². The van der Waals surface area contributed by atoms with Crippen molar-refractivity contribution in [2.75, 3.05) is 6.61 Å². The predicted molar refractivity (Wildman–Crippen MR) is 63.1 cm³/mol. The summed E-state index contributed by atoms with van der Waals surface area (Å²) in [6, 6.07) is 0. The Labute approximate surface area is 97.8 Å². The molecule has 16 heavy (non-hydrogen) atoms. The second-order valence-corrected chi connectivity index (χ2v) is 5.16. The summed E-state index contributed by atoms with van der Waals surface area (Å²) in [5, 5.41) is 0. The van der Waals surface area contributed by atoms with Crippen LogP contribution in [-0.2, 0) is 14.3 Å². The molecule has 0 amide bonds. The van der Waals surface area contributed by atoms with Gasteiger partial charge < -0.3 is 9.47 Å². The van der Waals surface area contributed by atoms with Crippen LogP contribution in [-0.4, -0.2) is 24.3 Å². The van der Waals surface area contributed by atoms with Crippen molar-refractivity contribution in [3.05, 3.63) is 12.2 Å². The normalized spacial score (nSPS) is 21.4. The lowest BCUT2D eigenvalue weighted by atomic mass is 9.92. The molecule has 92 valence electrons. The summed E-state index contributed by atoms with van der Waals surface area (Å²) in [4.78, 5) is 11.6. The van der Waals surface area contributed by atoms with Crippen molar-refractivity contribution in [2.45, 2.75) is 52.2 Å². The van der Waals surface area contributed by atoms with Crippen molar-refractivity contribution in [1.82, 2.24) is 0 Å². The Morgan fingerprint density at radius 2 is 2.19 bits per heavy atom. The van der Waals surface area contributed by atoms with E-state index in [9.17, 15) is 4.79 Å². The largest absolute Gasteiger partial charge is 0.456 e. The molecule has 0 aromatic carbocycles. The second-order valence-electron chi connectivity index (χ2n) is 5.16. The summed E-state index contributed by atoms with van der Waals surface area (Å²) in [5.74, 6) is 0.147. The summed E-state index contributed by atoms with van der Waals surface area (Å²) in [6.07, 6.45) is 1.81. The quantitative estimate of drug-likeness (QED) is 0.397. The minimum atomic E-state index is -0.444. The van der Waals surface area contributed by atoms with E-state index in [4.69, 9.17) is 9.47 Å². The fraction of sp³-hybridized carbons (Fsp3) is 0.769. The molecule has 0 aliphatic carbocycles. The summed E-state index contributed by atoms with van der Waals surface area (Å²) in [6.45, 7) is 12.4. The molecule has 0 radical (unpaired) electrons. The molecule has 0 saturated carbocycles. The zero-order valence-corrected chi connectivity index (χ0v) is 10.7. The van der Waals surface area contributed by atoms with E-state index in [0.717, 1.165) is 13.0 Å². The van der Waals surface area contributed by atoms with Gasteiger partial charge in [-0.1, -0.05) is 20.4 Å². The standard InChI is InChI=1S/C13H22O3/c1-6-9(2)12(14)16-13(4,5)7-10(3)11-8-15-11/h10-11H,2,6-8H2,1,3-5H3. The number of ether oxygens (including phenoxy) is 2. The van der Waals surface area contributed by atoms with Gasteiger partial charge in [0.2, 0.25) is 0 Å². The minimum absolute atomic E-state index is 0.281. The van der Waals surface area contributed by atoms with Gasteiger partial charge in [-0.3, -0.25) is 0 Å². The summed E-state index contributed by atoms with van der Waals surface area (Å²) in [7, 11) is 0. The molecule has 2 atom stereocenters. The Hall–Kier alpha value is -0.830. The van der Waals surface area contributed by atoms with E-state index in [2.05, 4.69) is 13.5 Å². The highest BCUT2D eigenvalue weighted by Gasteiger charge is 2.35. The molecule has 1 fully saturated rings. The molecule has 3 heteroatoms. The number of hydrogen-bond acceptors (Lipinski definition) is 3. The number of esters is 1. The van der Waals surface area contributed by atoms with Crippen molar-refractivity contribution in [1.29, 1.82) is 0 Å². The molecule has 0 aromatic heterocycles. The van der Waals surface area contributed by atoms with Crippen LogP contribution in [0.15, 0.2) is 12.2 Å². The molecule has 0 aromatic rings. The van der Waals surface area contributed by atoms with E-state index in [1.807, 2.05) is 20.8 Å². The van der Waals surface area contributed by atoms with E-state index in [1.54, 1.807) is 0 Å². The average Bonchev–Trinajstić information content (AvgIpc) is 2.97. The minimum Gasteiger partial charge on any atom is -0.456 e. The maximum atomic E-state index is 11.6. The van der Waals surface area contributed by atoms with Crippen LogP contribution in [0, 0.1) is 5.92 Å². The lowest BCUT2D eigenvalue weighted by Gasteiger charge is -2.28. The van der Waals surface area contributed by atoms with E-state index in [-0.39, 0.29) is 5.97 Å². The highest BCUT2D eigenvalue weighted by molar-refractivity contribution is 5.87. The third-order valence-electron chi connectivity index (χ3n) is 2.89. The van der Waals surface area contributed by atoms with Crippen LogP contribution in [0.5, 0.6) is 0 Å². The Kier molecular flexibility index (Phi) is 4.14.